The molecule has 1 amide bonds. The number of benzene rings is 1. The Kier molecular flexibility index (Phi) is 5.39. The normalized spacial score (nSPS) is 25.3. The van der Waals surface area contributed by atoms with E-state index in [4.69, 9.17) is 21.1 Å². The predicted molar refractivity (Wildman–Crippen MR) is 101 cm³/mol. The molecule has 1 aliphatic carbocycles. The highest BCUT2D eigenvalue weighted by Crippen LogP contribution is 2.34. The zero-order valence-electron chi connectivity index (χ0n) is 15.1. The topological polar surface area (TPSA) is 50.8 Å². The van der Waals surface area contributed by atoms with E-state index in [9.17, 15) is 4.79 Å². The molecule has 0 unspecified atom stereocenters. The van der Waals surface area contributed by atoms with E-state index < -0.39 is 6.10 Å². The summed E-state index contributed by atoms with van der Waals surface area (Å²) in [6, 6.07) is 5.54. The lowest BCUT2D eigenvalue weighted by Crippen LogP contribution is -2.60. The molecule has 1 aromatic rings. The van der Waals surface area contributed by atoms with Crippen molar-refractivity contribution in [1.29, 1.82) is 0 Å². The average molecular weight is 379 g/mol. The summed E-state index contributed by atoms with van der Waals surface area (Å²) in [5.41, 5.74) is 1.09. The van der Waals surface area contributed by atoms with Crippen LogP contribution in [0.25, 0.3) is 0 Å². The first-order valence-electron chi connectivity index (χ1n) is 9.72. The number of ether oxygens (including phenoxy) is 2. The van der Waals surface area contributed by atoms with Gasteiger partial charge in [-0.05, 0) is 36.6 Å². The molecule has 0 bridgehead atoms. The minimum atomic E-state index is -0.450. The Labute approximate surface area is 160 Å². The maximum atomic E-state index is 12.8. The maximum Gasteiger partial charge on any atom is 0.261 e. The van der Waals surface area contributed by atoms with Crippen LogP contribution in [0.5, 0.6) is 5.75 Å². The van der Waals surface area contributed by atoms with Gasteiger partial charge in [0, 0.05) is 36.6 Å². The first kappa shape index (κ1) is 18.1. The predicted octanol–water partition coefficient (Wildman–Crippen LogP) is 2.79. The highest BCUT2D eigenvalue weighted by atomic mass is 35.5. The summed E-state index contributed by atoms with van der Waals surface area (Å²) < 4.78 is 11.4. The van der Waals surface area contributed by atoms with Crippen LogP contribution in [0.2, 0.25) is 5.02 Å². The van der Waals surface area contributed by atoms with Crippen molar-refractivity contribution in [3.05, 3.63) is 28.8 Å². The molecule has 2 fully saturated rings. The fourth-order valence-electron chi connectivity index (χ4n) is 4.58. The van der Waals surface area contributed by atoms with Crippen molar-refractivity contribution in [3.8, 4) is 5.75 Å². The summed E-state index contributed by atoms with van der Waals surface area (Å²) in [4.78, 5) is 15.3. The molecule has 26 heavy (non-hydrogen) atoms. The van der Waals surface area contributed by atoms with Crippen LogP contribution in [0.3, 0.4) is 0 Å². The van der Waals surface area contributed by atoms with E-state index in [0.717, 1.165) is 50.5 Å². The Morgan fingerprint density at radius 3 is 2.77 bits per heavy atom. The molecule has 6 heteroatoms. The summed E-state index contributed by atoms with van der Waals surface area (Å²) in [5, 5.41) is 3.88. The monoisotopic (exact) mass is 378 g/mol. The summed E-state index contributed by atoms with van der Waals surface area (Å²) in [5.74, 6) is 0.755. The average Bonchev–Trinajstić information content (AvgIpc) is 3.11. The number of amides is 1. The van der Waals surface area contributed by atoms with E-state index in [1.807, 2.05) is 12.1 Å². The van der Waals surface area contributed by atoms with Crippen LogP contribution in [-0.2, 0) is 16.0 Å². The van der Waals surface area contributed by atoms with Gasteiger partial charge < -0.3 is 14.8 Å². The highest BCUT2D eigenvalue weighted by Gasteiger charge is 2.40. The third-order valence-corrected chi connectivity index (χ3v) is 6.28. The molecule has 1 N–H and O–H groups in total. The highest BCUT2D eigenvalue weighted by molar-refractivity contribution is 6.30. The van der Waals surface area contributed by atoms with Crippen molar-refractivity contribution in [2.24, 2.45) is 0 Å². The van der Waals surface area contributed by atoms with Crippen molar-refractivity contribution in [1.82, 2.24) is 10.2 Å². The fraction of sp³-hybridized carbons (Fsp3) is 0.650. The number of nitrogens with one attached hydrogen (secondary N) is 1. The second kappa shape index (κ2) is 7.75. The standard InChI is InChI=1S/C20H27ClN2O3/c21-16-4-5-17-15(12-16)13-18(26-17)19(24)22-14-20(6-2-1-3-7-20)23-8-10-25-11-9-23/h4-5,12,18H,1-3,6-11,13-14H2,(H,22,24)/t18-/m1/s1. The van der Waals surface area contributed by atoms with E-state index >= 15 is 0 Å². The third-order valence-electron chi connectivity index (χ3n) is 6.05. The van der Waals surface area contributed by atoms with Crippen LogP contribution in [0.1, 0.15) is 37.7 Å². The van der Waals surface area contributed by atoms with E-state index in [1.54, 1.807) is 6.07 Å². The van der Waals surface area contributed by atoms with E-state index in [2.05, 4.69) is 10.2 Å². The molecule has 1 atom stereocenters. The Morgan fingerprint density at radius 1 is 1.23 bits per heavy atom. The minimum absolute atomic E-state index is 0.0180. The number of carbonyl (C=O) groups is 1. The molecule has 3 aliphatic rings. The van der Waals surface area contributed by atoms with Gasteiger partial charge >= 0.3 is 0 Å². The van der Waals surface area contributed by atoms with Crippen molar-refractivity contribution >= 4 is 17.5 Å². The molecule has 2 aliphatic heterocycles. The van der Waals surface area contributed by atoms with Gasteiger partial charge in [-0.25, -0.2) is 0 Å². The van der Waals surface area contributed by atoms with Crippen LogP contribution in [0.4, 0.5) is 0 Å². The van der Waals surface area contributed by atoms with Crippen LogP contribution in [0.15, 0.2) is 18.2 Å². The second-order valence-corrected chi connectivity index (χ2v) is 8.10. The molecule has 0 aromatic heterocycles. The van der Waals surface area contributed by atoms with Gasteiger partial charge in [0.25, 0.3) is 5.91 Å². The largest absolute Gasteiger partial charge is 0.480 e. The molecule has 2 heterocycles. The van der Waals surface area contributed by atoms with Crippen LogP contribution in [-0.4, -0.2) is 55.3 Å². The number of carbonyl (C=O) groups excluding carboxylic acids is 1. The van der Waals surface area contributed by atoms with Crippen LogP contribution >= 0.6 is 11.6 Å². The number of morpholine rings is 1. The lowest BCUT2D eigenvalue weighted by molar-refractivity contribution is -0.128. The van der Waals surface area contributed by atoms with Gasteiger partial charge in [0.1, 0.15) is 5.75 Å². The van der Waals surface area contributed by atoms with Gasteiger partial charge in [0.05, 0.1) is 13.2 Å². The summed E-state index contributed by atoms with van der Waals surface area (Å²) in [6.07, 6.45) is 6.19. The summed E-state index contributed by atoms with van der Waals surface area (Å²) >= 11 is 6.05. The van der Waals surface area contributed by atoms with Crippen molar-refractivity contribution in [2.45, 2.75) is 50.2 Å². The molecule has 1 saturated carbocycles. The third kappa shape index (κ3) is 3.71. The zero-order valence-corrected chi connectivity index (χ0v) is 15.9. The first-order valence-corrected chi connectivity index (χ1v) is 10.1. The number of hydrogen-bond acceptors (Lipinski definition) is 4. The van der Waals surface area contributed by atoms with E-state index in [-0.39, 0.29) is 11.4 Å². The zero-order chi connectivity index (χ0) is 18.0. The van der Waals surface area contributed by atoms with Crippen molar-refractivity contribution < 1.29 is 14.3 Å². The number of fused-ring (bicyclic) bond motifs is 1. The lowest BCUT2D eigenvalue weighted by atomic mass is 9.79. The smallest absolute Gasteiger partial charge is 0.261 e. The second-order valence-electron chi connectivity index (χ2n) is 7.66. The Bertz CT molecular complexity index is 654. The summed E-state index contributed by atoms with van der Waals surface area (Å²) in [7, 11) is 0. The Balaban J connectivity index is 1.39. The quantitative estimate of drug-likeness (QED) is 0.875. The molecule has 4 rings (SSSR count). The molecule has 1 aromatic carbocycles. The SMILES string of the molecule is O=C(NCC1(N2CCOCC2)CCCCC1)[C@H]1Cc2cc(Cl)ccc2O1. The number of nitrogens with zero attached hydrogens (tertiary/aromatic N) is 1. The molecule has 0 spiro atoms. The van der Waals surface area contributed by atoms with Gasteiger partial charge in [-0.3, -0.25) is 9.69 Å². The molecular formula is C20H27ClN2O3. The first-order chi connectivity index (χ1) is 12.7. The van der Waals surface area contributed by atoms with Gasteiger partial charge in [-0.2, -0.15) is 0 Å². The van der Waals surface area contributed by atoms with Gasteiger partial charge in [0.15, 0.2) is 6.10 Å². The molecular weight excluding hydrogens is 352 g/mol. The Hall–Kier alpha value is -1.30. The minimum Gasteiger partial charge on any atom is -0.480 e. The van der Waals surface area contributed by atoms with Gasteiger partial charge in [0.2, 0.25) is 0 Å². The van der Waals surface area contributed by atoms with Crippen LogP contribution in [0, 0.1) is 0 Å². The van der Waals surface area contributed by atoms with E-state index in [0.29, 0.717) is 18.0 Å². The molecule has 0 radical (unpaired) electrons. The molecule has 5 nitrogen and oxygen atoms in total. The number of hydrogen-bond donors (Lipinski definition) is 1. The lowest BCUT2D eigenvalue weighted by Gasteiger charge is -2.48. The van der Waals surface area contributed by atoms with Gasteiger partial charge in [-0.1, -0.05) is 30.9 Å². The molecule has 142 valence electrons. The van der Waals surface area contributed by atoms with Crippen molar-refractivity contribution in [2.75, 3.05) is 32.8 Å². The Morgan fingerprint density at radius 2 is 2.00 bits per heavy atom. The fourth-order valence-corrected chi connectivity index (χ4v) is 4.78. The number of rotatable bonds is 4. The summed E-state index contributed by atoms with van der Waals surface area (Å²) in [6.45, 7) is 4.19. The van der Waals surface area contributed by atoms with E-state index in [1.165, 1.54) is 19.3 Å². The molecule has 1 saturated heterocycles. The number of halogens is 1. The van der Waals surface area contributed by atoms with Crippen LogP contribution < -0.4 is 10.1 Å². The maximum absolute atomic E-state index is 12.8. The van der Waals surface area contributed by atoms with Crippen molar-refractivity contribution in [3.63, 3.8) is 0 Å². The van der Waals surface area contributed by atoms with Gasteiger partial charge in [-0.15, -0.1) is 0 Å².